The average Bonchev–Trinajstić information content (AvgIpc) is 2.70. The second-order valence-electron chi connectivity index (χ2n) is 5.25. The third-order valence-corrected chi connectivity index (χ3v) is 3.77. The van der Waals surface area contributed by atoms with E-state index in [1.165, 1.54) is 12.3 Å². The molecule has 0 spiro atoms. The van der Waals surface area contributed by atoms with Gasteiger partial charge in [-0.3, -0.25) is 4.79 Å². The standard InChI is InChI=1S/C18H12FN3O/c19-17-10-12(7-8-20-17)11-5-6-13-16(9-11)21-14-3-1-2-4-15(14)22-18(13)23/h1-10,21H,(H,22,23). The highest BCUT2D eigenvalue weighted by Crippen LogP contribution is 2.34. The van der Waals surface area contributed by atoms with Crippen molar-refractivity contribution >= 4 is 23.0 Å². The minimum atomic E-state index is -0.534. The molecule has 0 fully saturated rings. The second-order valence-corrected chi connectivity index (χ2v) is 5.25. The number of carbonyl (C=O) groups is 1. The minimum absolute atomic E-state index is 0.176. The van der Waals surface area contributed by atoms with Crippen molar-refractivity contribution in [2.24, 2.45) is 0 Å². The van der Waals surface area contributed by atoms with E-state index in [4.69, 9.17) is 0 Å². The Morgan fingerprint density at radius 1 is 0.826 bits per heavy atom. The van der Waals surface area contributed by atoms with Crippen LogP contribution in [0.4, 0.5) is 21.5 Å². The van der Waals surface area contributed by atoms with Crippen LogP contribution in [0, 0.1) is 5.95 Å². The monoisotopic (exact) mass is 305 g/mol. The third-order valence-electron chi connectivity index (χ3n) is 3.77. The molecule has 112 valence electrons. The van der Waals surface area contributed by atoms with Gasteiger partial charge in [0.05, 0.1) is 22.6 Å². The highest BCUT2D eigenvalue weighted by atomic mass is 19.1. The molecule has 0 atom stereocenters. The first-order chi connectivity index (χ1) is 11.2. The first-order valence-electron chi connectivity index (χ1n) is 7.14. The Balaban J connectivity index is 1.83. The van der Waals surface area contributed by atoms with Crippen LogP contribution in [0.1, 0.15) is 10.4 Å². The molecule has 2 heterocycles. The molecule has 1 amide bonds. The van der Waals surface area contributed by atoms with Gasteiger partial charge in [-0.05, 0) is 41.5 Å². The predicted octanol–water partition coefficient (Wildman–Crippen LogP) is 4.20. The summed E-state index contributed by atoms with van der Waals surface area (Å²) in [5.74, 6) is -0.710. The predicted molar refractivity (Wildman–Crippen MR) is 87.3 cm³/mol. The van der Waals surface area contributed by atoms with Crippen molar-refractivity contribution < 1.29 is 9.18 Å². The highest BCUT2D eigenvalue weighted by molar-refractivity contribution is 6.12. The summed E-state index contributed by atoms with van der Waals surface area (Å²) in [4.78, 5) is 15.9. The van der Waals surface area contributed by atoms with Crippen molar-refractivity contribution in [1.82, 2.24) is 4.98 Å². The number of hydrogen-bond donors (Lipinski definition) is 2. The van der Waals surface area contributed by atoms with E-state index in [-0.39, 0.29) is 5.91 Å². The molecule has 0 saturated carbocycles. The number of nitrogens with zero attached hydrogens (tertiary/aromatic N) is 1. The third kappa shape index (κ3) is 2.42. The lowest BCUT2D eigenvalue weighted by molar-refractivity contribution is 0.102. The summed E-state index contributed by atoms with van der Waals surface area (Å²) in [5.41, 5.74) is 4.29. The van der Waals surface area contributed by atoms with Gasteiger partial charge in [0.25, 0.3) is 5.91 Å². The van der Waals surface area contributed by atoms with Gasteiger partial charge in [-0.25, -0.2) is 4.98 Å². The Hall–Kier alpha value is -3.21. The van der Waals surface area contributed by atoms with Gasteiger partial charge in [-0.1, -0.05) is 18.2 Å². The highest BCUT2D eigenvalue weighted by Gasteiger charge is 2.19. The number of halogens is 1. The molecule has 2 aromatic carbocycles. The number of carbonyl (C=O) groups excluding carboxylic acids is 1. The Morgan fingerprint density at radius 2 is 1.57 bits per heavy atom. The number of para-hydroxylation sites is 2. The molecule has 1 aliphatic rings. The second kappa shape index (κ2) is 5.21. The Kier molecular flexibility index (Phi) is 3.05. The van der Waals surface area contributed by atoms with Gasteiger partial charge in [0.2, 0.25) is 5.95 Å². The maximum absolute atomic E-state index is 13.3. The Labute approximate surface area is 132 Å². The smallest absolute Gasteiger partial charge is 0.257 e. The molecular formula is C18H12FN3O. The van der Waals surface area contributed by atoms with Gasteiger partial charge in [-0.15, -0.1) is 0 Å². The number of fused-ring (bicyclic) bond motifs is 2. The number of amides is 1. The first kappa shape index (κ1) is 13.5. The van der Waals surface area contributed by atoms with Crippen LogP contribution in [-0.2, 0) is 0 Å². The van der Waals surface area contributed by atoms with Crippen LogP contribution in [0.2, 0.25) is 0 Å². The molecule has 4 nitrogen and oxygen atoms in total. The number of rotatable bonds is 1. The zero-order valence-corrected chi connectivity index (χ0v) is 12.0. The van der Waals surface area contributed by atoms with Crippen LogP contribution < -0.4 is 10.6 Å². The molecule has 0 radical (unpaired) electrons. The normalized spacial score (nSPS) is 12.5. The molecule has 0 saturated heterocycles. The van der Waals surface area contributed by atoms with Crippen LogP contribution >= 0.6 is 0 Å². The molecule has 0 bridgehead atoms. The minimum Gasteiger partial charge on any atom is -0.353 e. The van der Waals surface area contributed by atoms with Crippen LogP contribution in [0.25, 0.3) is 11.1 Å². The summed E-state index contributed by atoms with van der Waals surface area (Å²) in [7, 11) is 0. The van der Waals surface area contributed by atoms with Crippen LogP contribution in [0.3, 0.4) is 0 Å². The van der Waals surface area contributed by atoms with Crippen LogP contribution in [0.5, 0.6) is 0 Å². The average molecular weight is 305 g/mol. The van der Waals surface area contributed by atoms with E-state index in [1.54, 1.807) is 18.2 Å². The lowest BCUT2D eigenvalue weighted by Gasteiger charge is -2.10. The Morgan fingerprint density at radius 3 is 2.35 bits per heavy atom. The van der Waals surface area contributed by atoms with Gasteiger partial charge in [0.15, 0.2) is 0 Å². The van der Waals surface area contributed by atoms with E-state index >= 15 is 0 Å². The molecule has 5 heteroatoms. The summed E-state index contributed by atoms with van der Waals surface area (Å²) in [5, 5.41) is 6.14. The van der Waals surface area contributed by atoms with E-state index in [0.717, 1.165) is 16.9 Å². The number of anilines is 3. The summed E-state index contributed by atoms with van der Waals surface area (Å²) >= 11 is 0. The SMILES string of the molecule is O=C1Nc2ccccc2Nc2cc(-c3ccnc(F)c3)ccc21. The zero-order valence-electron chi connectivity index (χ0n) is 12.0. The van der Waals surface area contributed by atoms with Gasteiger partial charge in [-0.2, -0.15) is 4.39 Å². The largest absolute Gasteiger partial charge is 0.353 e. The number of hydrogen-bond acceptors (Lipinski definition) is 3. The molecule has 2 N–H and O–H groups in total. The summed E-state index contributed by atoms with van der Waals surface area (Å²) < 4.78 is 13.3. The van der Waals surface area contributed by atoms with Crippen molar-refractivity contribution in [3.63, 3.8) is 0 Å². The zero-order chi connectivity index (χ0) is 15.8. The van der Waals surface area contributed by atoms with Gasteiger partial charge in [0.1, 0.15) is 0 Å². The van der Waals surface area contributed by atoms with E-state index in [1.807, 2.05) is 30.3 Å². The number of benzene rings is 2. The topological polar surface area (TPSA) is 54.0 Å². The summed E-state index contributed by atoms with van der Waals surface area (Å²) in [6.07, 6.45) is 1.42. The van der Waals surface area contributed by atoms with Crippen molar-refractivity contribution in [2.45, 2.75) is 0 Å². The molecule has 23 heavy (non-hydrogen) atoms. The van der Waals surface area contributed by atoms with Crippen molar-refractivity contribution in [1.29, 1.82) is 0 Å². The fourth-order valence-corrected chi connectivity index (χ4v) is 2.64. The van der Waals surface area contributed by atoms with E-state index < -0.39 is 5.95 Å². The molecule has 3 aromatic rings. The number of pyridine rings is 1. The fourth-order valence-electron chi connectivity index (χ4n) is 2.64. The van der Waals surface area contributed by atoms with Gasteiger partial charge < -0.3 is 10.6 Å². The Bertz CT molecular complexity index is 924. The van der Waals surface area contributed by atoms with Crippen molar-refractivity contribution in [3.8, 4) is 11.1 Å². The first-order valence-corrected chi connectivity index (χ1v) is 7.14. The number of nitrogens with one attached hydrogen (secondary N) is 2. The lowest BCUT2D eigenvalue weighted by Crippen LogP contribution is -2.10. The molecule has 1 aromatic heterocycles. The lowest BCUT2D eigenvalue weighted by atomic mass is 10.0. The maximum Gasteiger partial charge on any atom is 0.257 e. The van der Waals surface area contributed by atoms with Crippen molar-refractivity contribution in [3.05, 3.63) is 72.3 Å². The quantitative estimate of drug-likeness (QED) is 0.663. The summed E-state index contributed by atoms with van der Waals surface area (Å²) in [6, 6.07) is 16.0. The van der Waals surface area contributed by atoms with E-state index in [2.05, 4.69) is 15.6 Å². The molecule has 1 aliphatic heterocycles. The molecule has 0 unspecified atom stereocenters. The van der Waals surface area contributed by atoms with Crippen LogP contribution in [-0.4, -0.2) is 10.9 Å². The van der Waals surface area contributed by atoms with E-state index in [9.17, 15) is 9.18 Å². The maximum atomic E-state index is 13.3. The molecule has 0 aliphatic carbocycles. The van der Waals surface area contributed by atoms with Gasteiger partial charge in [0, 0.05) is 12.3 Å². The van der Waals surface area contributed by atoms with Crippen molar-refractivity contribution in [2.75, 3.05) is 10.6 Å². The summed E-state index contributed by atoms with van der Waals surface area (Å²) in [6.45, 7) is 0. The molecule has 4 rings (SSSR count). The van der Waals surface area contributed by atoms with Gasteiger partial charge >= 0.3 is 0 Å². The fraction of sp³-hybridized carbons (Fsp3) is 0. The van der Waals surface area contributed by atoms with E-state index in [0.29, 0.717) is 16.8 Å². The molecular weight excluding hydrogens is 293 g/mol. The van der Waals surface area contributed by atoms with Crippen LogP contribution in [0.15, 0.2) is 60.8 Å². The number of aromatic nitrogens is 1.